The SMILES string of the molecule is C=C(CO[Si](c1ccccc1)(c1ccccc1)C(C)(C)C)C1=CCB(O)OC1CC/C(=C/c1cc(C)c(O)c(C)c1)c1ccccn1. The molecule has 0 radical (unpaired) electrons. The zero-order chi connectivity index (χ0) is 33.6. The molecular formula is C40H46BNO4Si. The standard InChI is InChI=1S/C40H46BNO4Si/c1-29-25-32(26-30(2)39(29)43)27-33(37-19-13-14-24-42-37)20-21-38-36(22-23-41(44)46-38)31(3)28-45-47(40(4,5)6,34-15-9-7-10-16-34)35-17-11-8-12-18-35/h7-19,22,24-27,38,43-44H,3,20-21,23,28H2,1-2,4-6H3/b33-27-. The molecule has 1 aliphatic heterocycles. The smallest absolute Gasteiger partial charge is 0.458 e. The number of phenolic OH excluding ortho intramolecular Hbond substituents is 1. The van der Waals surface area contributed by atoms with Gasteiger partial charge in [-0.05, 0) is 106 Å². The van der Waals surface area contributed by atoms with Crippen LogP contribution in [0.3, 0.4) is 0 Å². The summed E-state index contributed by atoms with van der Waals surface area (Å²) in [6, 6.07) is 31.1. The van der Waals surface area contributed by atoms with Crippen LogP contribution < -0.4 is 10.4 Å². The van der Waals surface area contributed by atoms with Crippen molar-refractivity contribution in [1.29, 1.82) is 0 Å². The molecule has 0 saturated heterocycles. The maximum absolute atomic E-state index is 10.6. The zero-order valence-corrected chi connectivity index (χ0v) is 29.2. The first-order chi connectivity index (χ1) is 22.5. The Bertz CT molecular complexity index is 1670. The number of aromatic hydroxyl groups is 1. The van der Waals surface area contributed by atoms with Gasteiger partial charge in [0.05, 0.1) is 18.4 Å². The number of aromatic nitrogens is 1. The molecular weight excluding hydrogens is 597 g/mol. The van der Waals surface area contributed by atoms with Gasteiger partial charge >= 0.3 is 7.12 Å². The third-order valence-corrected chi connectivity index (χ3v) is 14.0. The Kier molecular flexibility index (Phi) is 10.8. The molecule has 47 heavy (non-hydrogen) atoms. The fraction of sp³-hybridized carbons (Fsp3) is 0.275. The number of hydrogen-bond donors (Lipinski definition) is 2. The lowest BCUT2D eigenvalue weighted by Gasteiger charge is -2.43. The molecule has 0 amide bonds. The van der Waals surface area contributed by atoms with E-state index in [0.29, 0.717) is 31.5 Å². The summed E-state index contributed by atoms with van der Waals surface area (Å²) in [5, 5.41) is 23.2. The highest BCUT2D eigenvalue weighted by atomic mass is 28.4. The molecule has 1 unspecified atom stereocenters. The van der Waals surface area contributed by atoms with E-state index in [9.17, 15) is 10.1 Å². The van der Waals surface area contributed by atoms with Gasteiger partial charge in [-0.2, -0.15) is 0 Å². The van der Waals surface area contributed by atoms with Crippen molar-refractivity contribution in [1.82, 2.24) is 4.98 Å². The maximum atomic E-state index is 10.6. The molecule has 2 N–H and O–H groups in total. The van der Waals surface area contributed by atoms with Crippen molar-refractivity contribution in [2.24, 2.45) is 0 Å². The minimum absolute atomic E-state index is 0.156. The molecule has 0 saturated carbocycles. The Hall–Kier alpha value is -4.01. The summed E-state index contributed by atoms with van der Waals surface area (Å²) in [6.07, 6.45) is 7.32. The molecule has 0 spiro atoms. The van der Waals surface area contributed by atoms with E-state index in [4.69, 9.17) is 9.08 Å². The summed E-state index contributed by atoms with van der Waals surface area (Å²) in [6.45, 7) is 15.5. The Morgan fingerprint density at radius 3 is 2.13 bits per heavy atom. The molecule has 242 valence electrons. The van der Waals surface area contributed by atoms with Crippen LogP contribution in [-0.2, 0) is 9.08 Å². The summed E-state index contributed by atoms with van der Waals surface area (Å²) in [5.41, 5.74) is 6.43. The number of pyridine rings is 1. The largest absolute Gasteiger partial charge is 0.507 e. The fourth-order valence-electron chi connectivity index (χ4n) is 6.70. The van der Waals surface area contributed by atoms with E-state index < -0.39 is 15.4 Å². The highest BCUT2D eigenvalue weighted by Crippen LogP contribution is 2.38. The van der Waals surface area contributed by atoms with Crippen molar-refractivity contribution in [3.63, 3.8) is 0 Å². The van der Waals surface area contributed by atoms with Crippen molar-refractivity contribution >= 4 is 37.5 Å². The molecule has 7 heteroatoms. The van der Waals surface area contributed by atoms with Gasteiger partial charge in [0.25, 0.3) is 8.32 Å². The second-order valence-electron chi connectivity index (χ2n) is 13.5. The van der Waals surface area contributed by atoms with E-state index in [1.54, 1.807) is 6.20 Å². The van der Waals surface area contributed by atoms with Crippen LogP contribution >= 0.6 is 0 Å². The average Bonchev–Trinajstić information content (AvgIpc) is 3.06. The lowest BCUT2D eigenvalue weighted by molar-refractivity contribution is 0.182. The van der Waals surface area contributed by atoms with Crippen molar-refractivity contribution in [3.05, 3.63) is 143 Å². The quantitative estimate of drug-likeness (QED) is 0.164. The maximum Gasteiger partial charge on any atom is 0.458 e. The Balaban J connectivity index is 1.42. The van der Waals surface area contributed by atoms with Gasteiger partial charge in [0.2, 0.25) is 0 Å². The number of allylic oxidation sites excluding steroid dienone is 2. The van der Waals surface area contributed by atoms with E-state index >= 15 is 0 Å². The van der Waals surface area contributed by atoms with Crippen molar-refractivity contribution in [2.75, 3.05) is 6.61 Å². The van der Waals surface area contributed by atoms with Crippen LogP contribution in [0.5, 0.6) is 5.75 Å². The lowest BCUT2D eigenvalue weighted by Crippen LogP contribution is -2.66. The first-order valence-electron chi connectivity index (χ1n) is 16.4. The normalized spacial score (nSPS) is 15.8. The van der Waals surface area contributed by atoms with Crippen LogP contribution in [-0.4, -0.2) is 43.3 Å². The fourth-order valence-corrected chi connectivity index (χ4v) is 11.2. The van der Waals surface area contributed by atoms with Gasteiger partial charge < -0.3 is 19.2 Å². The van der Waals surface area contributed by atoms with Gasteiger partial charge in [-0.1, -0.05) is 100 Å². The minimum Gasteiger partial charge on any atom is -0.507 e. The van der Waals surface area contributed by atoms with E-state index in [1.165, 1.54) is 10.4 Å². The number of hydrogen-bond acceptors (Lipinski definition) is 5. The van der Waals surface area contributed by atoms with Crippen LogP contribution in [0.4, 0.5) is 0 Å². The Labute approximate surface area is 281 Å². The van der Waals surface area contributed by atoms with Crippen LogP contribution in [0, 0.1) is 13.8 Å². The molecule has 5 rings (SSSR count). The van der Waals surface area contributed by atoms with Crippen LogP contribution in [0.15, 0.2) is 121 Å². The molecule has 2 heterocycles. The Morgan fingerprint density at radius 2 is 1.57 bits per heavy atom. The zero-order valence-electron chi connectivity index (χ0n) is 28.2. The number of rotatable bonds is 11. The number of benzene rings is 3. The molecule has 1 atom stereocenters. The highest BCUT2D eigenvalue weighted by Gasteiger charge is 2.50. The molecule has 0 aliphatic carbocycles. The number of nitrogens with zero attached hydrogens (tertiary/aromatic N) is 1. The predicted octanol–water partition coefficient (Wildman–Crippen LogP) is 7.66. The first-order valence-corrected chi connectivity index (χ1v) is 18.3. The van der Waals surface area contributed by atoms with E-state index in [-0.39, 0.29) is 11.1 Å². The van der Waals surface area contributed by atoms with Gasteiger partial charge in [-0.3, -0.25) is 4.98 Å². The van der Waals surface area contributed by atoms with Crippen molar-refractivity contribution in [3.8, 4) is 5.75 Å². The summed E-state index contributed by atoms with van der Waals surface area (Å²) in [5.74, 6) is 0.319. The van der Waals surface area contributed by atoms with Crippen LogP contribution in [0.2, 0.25) is 11.4 Å². The van der Waals surface area contributed by atoms with Crippen LogP contribution in [0.1, 0.15) is 56.0 Å². The van der Waals surface area contributed by atoms with E-state index in [0.717, 1.165) is 39.1 Å². The van der Waals surface area contributed by atoms with Gasteiger partial charge in [0.1, 0.15) is 5.75 Å². The third-order valence-electron chi connectivity index (χ3n) is 9.02. The van der Waals surface area contributed by atoms with Gasteiger partial charge in [0.15, 0.2) is 0 Å². The summed E-state index contributed by atoms with van der Waals surface area (Å²) < 4.78 is 13.4. The molecule has 1 aliphatic rings. The summed E-state index contributed by atoms with van der Waals surface area (Å²) in [4.78, 5) is 4.65. The van der Waals surface area contributed by atoms with Crippen LogP contribution in [0.25, 0.3) is 11.6 Å². The first kappa shape index (κ1) is 34.3. The second kappa shape index (κ2) is 14.8. The highest BCUT2D eigenvalue weighted by molar-refractivity contribution is 6.99. The number of phenols is 1. The molecule has 1 aromatic heterocycles. The molecule has 3 aromatic carbocycles. The summed E-state index contributed by atoms with van der Waals surface area (Å²) >= 11 is 0. The predicted molar refractivity (Wildman–Crippen MR) is 197 cm³/mol. The van der Waals surface area contributed by atoms with E-state index in [1.807, 2.05) is 56.3 Å². The van der Waals surface area contributed by atoms with Gasteiger partial charge in [-0.15, -0.1) is 0 Å². The minimum atomic E-state index is -2.76. The van der Waals surface area contributed by atoms with Crippen molar-refractivity contribution in [2.45, 2.75) is 64.9 Å². The Morgan fingerprint density at radius 1 is 0.979 bits per heavy atom. The molecule has 5 nitrogen and oxygen atoms in total. The molecule has 0 fully saturated rings. The molecule has 4 aromatic rings. The number of aryl methyl sites for hydroxylation is 2. The van der Waals surface area contributed by atoms with E-state index in [2.05, 4.69) is 93.0 Å². The average molecular weight is 644 g/mol. The van der Waals surface area contributed by atoms with Crippen molar-refractivity contribution < 1.29 is 19.2 Å². The van der Waals surface area contributed by atoms with Gasteiger partial charge in [-0.25, -0.2) is 0 Å². The van der Waals surface area contributed by atoms with Gasteiger partial charge in [0, 0.05) is 12.5 Å². The lowest BCUT2D eigenvalue weighted by atomic mass is 9.78. The topological polar surface area (TPSA) is 71.8 Å². The monoisotopic (exact) mass is 643 g/mol. The summed E-state index contributed by atoms with van der Waals surface area (Å²) in [7, 11) is -3.64. The second-order valence-corrected chi connectivity index (χ2v) is 17.8. The third kappa shape index (κ3) is 7.77. The molecule has 0 bridgehead atoms.